The number of nitrogens with one attached hydrogen (secondary N) is 1. The van der Waals surface area contributed by atoms with E-state index in [1.807, 2.05) is 0 Å². The summed E-state index contributed by atoms with van der Waals surface area (Å²) in [6.45, 7) is 1.64. The topological polar surface area (TPSA) is 96.6 Å². The minimum absolute atomic E-state index is 0.175. The molecule has 0 fully saturated rings. The van der Waals surface area contributed by atoms with Crippen molar-refractivity contribution < 1.29 is 19.1 Å². The van der Waals surface area contributed by atoms with Gasteiger partial charge in [-0.1, -0.05) is 0 Å². The van der Waals surface area contributed by atoms with Crippen LogP contribution < -0.4 is 10.9 Å². The van der Waals surface area contributed by atoms with E-state index in [1.54, 1.807) is 13.0 Å². The number of aryl methyl sites for hydroxylation is 1. The third-order valence-electron chi connectivity index (χ3n) is 2.68. The summed E-state index contributed by atoms with van der Waals surface area (Å²) in [6.07, 6.45) is 1.07. The first-order valence-corrected chi connectivity index (χ1v) is 5.71. The molecule has 1 amide bonds. The van der Waals surface area contributed by atoms with Gasteiger partial charge in [0.2, 0.25) is 0 Å². The third kappa shape index (κ3) is 2.92. The average Bonchev–Trinajstić information content (AvgIpc) is 2.39. The van der Waals surface area contributed by atoms with Gasteiger partial charge >= 0.3 is 11.6 Å². The fourth-order valence-corrected chi connectivity index (χ4v) is 1.67. The van der Waals surface area contributed by atoms with E-state index in [1.165, 1.54) is 18.2 Å². The van der Waals surface area contributed by atoms with Crippen LogP contribution in [0.1, 0.15) is 26.3 Å². The largest absolute Gasteiger partial charge is 0.478 e. The lowest BCUT2D eigenvalue weighted by Gasteiger charge is -2.07. The van der Waals surface area contributed by atoms with Crippen LogP contribution in [0.5, 0.6) is 0 Å². The van der Waals surface area contributed by atoms with Crippen LogP contribution in [0.3, 0.4) is 0 Å². The zero-order chi connectivity index (χ0) is 14.7. The summed E-state index contributed by atoms with van der Waals surface area (Å²) < 4.78 is 4.60. The van der Waals surface area contributed by atoms with Crippen molar-refractivity contribution in [2.75, 3.05) is 5.32 Å². The number of hydrogen-bond acceptors (Lipinski definition) is 4. The highest BCUT2D eigenvalue weighted by atomic mass is 16.4. The second kappa shape index (κ2) is 5.40. The van der Waals surface area contributed by atoms with Gasteiger partial charge in [0.15, 0.2) is 0 Å². The van der Waals surface area contributed by atoms with Crippen LogP contribution in [0.4, 0.5) is 5.69 Å². The van der Waals surface area contributed by atoms with Gasteiger partial charge in [0.05, 0.1) is 11.1 Å². The molecule has 0 unspecified atom stereocenters. The molecule has 0 spiro atoms. The minimum atomic E-state index is -1.02. The van der Waals surface area contributed by atoms with E-state index in [0.717, 1.165) is 12.3 Å². The highest BCUT2D eigenvalue weighted by Crippen LogP contribution is 2.16. The van der Waals surface area contributed by atoms with Crippen molar-refractivity contribution in [3.05, 3.63) is 63.7 Å². The molecule has 0 bridgehead atoms. The Morgan fingerprint density at radius 2 is 1.95 bits per heavy atom. The molecule has 20 heavy (non-hydrogen) atoms. The number of carbonyl (C=O) groups excluding carboxylic acids is 1. The quantitative estimate of drug-likeness (QED) is 0.890. The maximum Gasteiger partial charge on any atom is 0.335 e. The van der Waals surface area contributed by atoms with Crippen molar-refractivity contribution in [3.63, 3.8) is 0 Å². The molecule has 2 aromatic rings. The van der Waals surface area contributed by atoms with Gasteiger partial charge in [0, 0.05) is 11.8 Å². The summed E-state index contributed by atoms with van der Waals surface area (Å²) in [5.41, 5.74) is 0.833. The number of rotatable bonds is 3. The maximum absolute atomic E-state index is 11.9. The van der Waals surface area contributed by atoms with Crippen LogP contribution in [0.25, 0.3) is 0 Å². The first kappa shape index (κ1) is 13.5. The molecular formula is C14H11NO5. The smallest absolute Gasteiger partial charge is 0.335 e. The molecule has 0 aliphatic rings. The average molecular weight is 273 g/mol. The summed E-state index contributed by atoms with van der Waals surface area (Å²) in [7, 11) is 0. The van der Waals surface area contributed by atoms with Crippen molar-refractivity contribution in [1.29, 1.82) is 0 Å². The van der Waals surface area contributed by atoms with Gasteiger partial charge in [0.1, 0.15) is 6.26 Å². The molecule has 6 nitrogen and oxygen atoms in total. The Bertz CT molecular complexity index is 712. The second-order valence-electron chi connectivity index (χ2n) is 4.13. The molecule has 102 valence electrons. The molecule has 0 saturated heterocycles. The van der Waals surface area contributed by atoms with E-state index < -0.39 is 17.5 Å². The number of amides is 1. The molecule has 2 N–H and O–H groups in total. The Hall–Kier alpha value is -2.89. The Balaban J connectivity index is 2.20. The molecule has 0 radical (unpaired) electrons. The van der Waals surface area contributed by atoms with Crippen LogP contribution >= 0.6 is 0 Å². The first-order valence-electron chi connectivity index (χ1n) is 5.71. The molecule has 2 rings (SSSR count). The standard InChI is InChI=1S/C14H11NO5/c1-8-6-10(3-4-11(8)14(18)19)15-13(17)9-2-5-12(16)20-7-9/h2-7H,1H3,(H,15,17)(H,18,19). The van der Waals surface area contributed by atoms with E-state index in [2.05, 4.69) is 9.73 Å². The normalized spacial score (nSPS) is 10.1. The number of carboxylic acid groups (broad SMARTS) is 1. The number of benzene rings is 1. The highest BCUT2D eigenvalue weighted by molar-refractivity contribution is 6.04. The third-order valence-corrected chi connectivity index (χ3v) is 2.68. The van der Waals surface area contributed by atoms with Crippen molar-refractivity contribution in [2.45, 2.75) is 6.92 Å². The first-order chi connectivity index (χ1) is 9.47. The summed E-state index contributed by atoms with van der Waals surface area (Å²) in [6, 6.07) is 6.96. The van der Waals surface area contributed by atoms with Gasteiger partial charge in [-0.15, -0.1) is 0 Å². The fourth-order valence-electron chi connectivity index (χ4n) is 1.67. The van der Waals surface area contributed by atoms with Crippen molar-refractivity contribution in [1.82, 2.24) is 0 Å². The molecule has 0 aliphatic carbocycles. The van der Waals surface area contributed by atoms with Gasteiger partial charge in [-0.2, -0.15) is 0 Å². The molecule has 6 heteroatoms. The maximum atomic E-state index is 11.9. The second-order valence-corrected chi connectivity index (χ2v) is 4.13. The zero-order valence-corrected chi connectivity index (χ0v) is 10.5. The van der Waals surface area contributed by atoms with Crippen LogP contribution in [0, 0.1) is 6.92 Å². The van der Waals surface area contributed by atoms with Crippen LogP contribution in [0.15, 0.2) is 45.8 Å². The van der Waals surface area contributed by atoms with Gasteiger partial charge in [-0.05, 0) is 36.8 Å². The molecule has 1 aromatic heterocycles. The van der Waals surface area contributed by atoms with Gasteiger partial charge in [0.25, 0.3) is 5.91 Å². The molecular weight excluding hydrogens is 262 g/mol. The number of hydrogen-bond donors (Lipinski definition) is 2. The number of carboxylic acids is 1. The Kier molecular flexibility index (Phi) is 3.65. The summed E-state index contributed by atoms with van der Waals surface area (Å²) in [4.78, 5) is 33.5. The number of carbonyl (C=O) groups is 2. The number of aromatic carboxylic acids is 1. The molecule has 0 atom stereocenters. The monoisotopic (exact) mass is 273 g/mol. The van der Waals surface area contributed by atoms with E-state index in [9.17, 15) is 14.4 Å². The predicted molar refractivity (Wildman–Crippen MR) is 71.1 cm³/mol. The predicted octanol–water partition coefficient (Wildman–Crippen LogP) is 1.90. The fraction of sp³-hybridized carbons (Fsp3) is 0.0714. The molecule has 0 saturated carbocycles. The van der Waals surface area contributed by atoms with Crippen LogP contribution in [-0.2, 0) is 0 Å². The van der Waals surface area contributed by atoms with Crippen LogP contribution in [-0.4, -0.2) is 17.0 Å². The lowest BCUT2D eigenvalue weighted by atomic mass is 10.1. The van der Waals surface area contributed by atoms with Crippen LogP contribution in [0.2, 0.25) is 0 Å². The SMILES string of the molecule is Cc1cc(NC(=O)c2ccc(=O)oc2)ccc1C(=O)O. The number of anilines is 1. The summed E-state index contributed by atoms with van der Waals surface area (Å²) in [5.74, 6) is -1.47. The van der Waals surface area contributed by atoms with Gasteiger partial charge in [-0.25, -0.2) is 9.59 Å². The lowest BCUT2D eigenvalue weighted by molar-refractivity contribution is 0.0696. The van der Waals surface area contributed by atoms with E-state index in [-0.39, 0.29) is 11.1 Å². The summed E-state index contributed by atoms with van der Waals surface area (Å²) >= 11 is 0. The Morgan fingerprint density at radius 1 is 1.20 bits per heavy atom. The van der Waals surface area contributed by atoms with E-state index in [4.69, 9.17) is 5.11 Å². The van der Waals surface area contributed by atoms with Crippen molar-refractivity contribution >= 4 is 17.6 Å². The highest BCUT2D eigenvalue weighted by Gasteiger charge is 2.10. The van der Waals surface area contributed by atoms with E-state index >= 15 is 0 Å². The van der Waals surface area contributed by atoms with E-state index in [0.29, 0.717) is 11.3 Å². The molecule has 1 aromatic carbocycles. The Labute approximate surface area is 113 Å². The van der Waals surface area contributed by atoms with Crippen molar-refractivity contribution in [3.8, 4) is 0 Å². The lowest BCUT2D eigenvalue weighted by Crippen LogP contribution is -2.13. The van der Waals surface area contributed by atoms with Crippen molar-refractivity contribution in [2.24, 2.45) is 0 Å². The van der Waals surface area contributed by atoms with Gasteiger partial charge in [-0.3, -0.25) is 4.79 Å². The summed E-state index contributed by atoms with van der Waals surface area (Å²) in [5, 5.41) is 11.5. The Morgan fingerprint density at radius 3 is 2.50 bits per heavy atom. The minimum Gasteiger partial charge on any atom is -0.478 e. The van der Waals surface area contributed by atoms with Gasteiger partial charge < -0.3 is 14.8 Å². The molecule has 0 aliphatic heterocycles. The molecule has 1 heterocycles. The zero-order valence-electron chi connectivity index (χ0n) is 10.5.